The molecule has 20 heavy (non-hydrogen) atoms. The third-order valence-corrected chi connectivity index (χ3v) is 4.13. The quantitative estimate of drug-likeness (QED) is 0.727. The van der Waals surface area contributed by atoms with Crippen LogP contribution in [0, 0.1) is 6.92 Å². The largest absolute Gasteiger partial charge is 0.465 e. The van der Waals surface area contributed by atoms with Crippen LogP contribution >= 0.6 is 11.3 Å². The molecule has 0 spiro atoms. The van der Waals surface area contributed by atoms with Crippen molar-refractivity contribution in [2.75, 3.05) is 19.7 Å². The van der Waals surface area contributed by atoms with Gasteiger partial charge in [0.15, 0.2) is 0 Å². The molecule has 0 saturated heterocycles. The monoisotopic (exact) mass is 297 g/mol. The molecule has 0 unspecified atom stereocenters. The van der Waals surface area contributed by atoms with Crippen LogP contribution in [0.3, 0.4) is 0 Å². The smallest absolute Gasteiger partial charge is 0.325 e. The highest BCUT2D eigenvalue weighted by Gasteiger charge is 2.20. The first-order chi connectivity index (χ1) is 9.53. The van der Waals surface area contributed by atoms with Gasteiger partial charge in [-0.2, -0.15) is 0 Å². The second-order valence-corrected chi connectivity index (χ2v) is 5.82. The Morgan fingerprint density at radius 3 is 2.55 bits per heavy atom. The molecule has 0 bridgehead atoms. The fraction of sp³-hybridized carbons (Fsp3) is 0.600. The summed E-state index contributed by atoms with van der Waals surface area (Å²) in [6.07, 6.45) is 2.05. The number of esters is 1. The van der Waals surface area contributed by atoms with Crippen molar-refractivity contribution in [3.8, 4) is 0 Å². The first-order valence-electron chi connectivity index (χ1n) is 7.07. The average molecular weight is 297 g/mol. The van der Waals surface area contributed by atoms with Crippen LogP contribution in [-0.4, -0.2) is 36.5 Å². The van der Waals surface area contributed by atoms with E-state index in [0.29, 0.717) is 18.0 Å². The van der Waals surface area contributed by atoms with E-state index in [0.717, 1.165) is 12.8 Å². The van der Waals surface area contributed by atoms with Crippen molar-refractivity contribution in [2.45, 2.75) is 40.5 Å². The fourth-order valence-electron chi connectivity index (χ4n) is 1.99. The van der Waals surface area contributed by atoms with Gasteiger partial charge >= 0.3 is 5.97 Å². The first-order valence-corrected chi connectivity index (χ1v) is 7.89. The van der Waals surface area contributed by atoms with Gasteiger partial charge in [0.05, 0.1) is 11.5 Å². The Kier molecular flexibility index (Phi) is 6.71. The van der Waals surface area contributed by atoms with Gasteiger partial charge in [0, 0.05) is 11.4 Å². The van der Waals surface area contributed by atoms with E-state index in [1.54, 1.807) is 6.92 Å². The van der Waals surface area contributed by atoms with E-state index in [1.807, 2.05) is 19.9 Å². The summed E-state index contributed by atoms with van der Waals surface area (Å²) in [6.45, 7) is 8.64. The number of ether oxygens (including phenoxy) is 1. The maximum Gasteiger partial charge on any atom is 0.325 e. The lowest BCUT2D eigenvalue weighted by Gasteiger charge is -2.18. The average Bonchev–Trinajstić information content (AvgIpc) is 2.77. The van der Waals surface area contributed by atoms with Crippen LogP contribution < -0.4 is 0 Å². The molecule has 1 amide bonds. The van der Waals surface area contributed by atoms with Crippen molar-refractivity contribution < 1.29 is 14.3 Å². The van der Waals surface area contributed by atoms with Crippen molar-refractivity contribution in [3.05, 3.63) is 21.4 Å². The summed E-state index contributed by atoms with van der Waals surface area (Å²) in [5.41, 5.74) is 1.23. The summed E-state index contributed by atoms with van der Waals surface area (Å²) in [6, 6.07) is 1.96. The van der Waals surface area contributed by atoms with Crippen molar-refractivity contribution in [1.29, 1.82) is 0 Å². The standard InChI is InChI=1S/C15H23NO3S/c1-5-8-12-9-13(20-11(12)4)15(18)16(6-2)10-14(17)19-7-3/h9H,5-8,10H2,1-4H3. The molecule has 1 aromatic rings. The number of amides is 1. The molecule has 0 N–H and O–H groups in total. The Morgan fingerprint density at radius 2 is 2.00 bits per heavy atom. The third-order valence-electron chi connectivity index (χ3n) is 3.04. The van der Waals surface area contributed by atoms with Gasteiger partial charge in [-0.25, -0.2) is 0 Å². The SMILES string of the molecule is CCCc1cc(C(=O)N(CC)CC(=O)OCC)sc1C. The van der Waals surface area contributed by atoms with Crippen LogP contribution in [0.4, 0.5) is 0 Å². The van der Waals surface area contributed by atoms with E-state index < -0.39 is 0 Å². The minimum Gasteiger partial charge on any atom is -0.465 e. The summed E-state index contributed by atoms with van der Waals surface area (Å²) in [5.74, 6) is -0.444. The molecule has 0 radical (unpaired) electrons. The van der Waals surface area contributed by atoms with Crippen molar-refractivity contribution >= 4 is 23.2 Å². The number of carbonyl (C=O) groups excluding carboxylic acids is 2. The topological polar surface area (TPSA) is 46.6 Å². The van der Waals surface area contributed by atoms with E-state index >= 15 is 0 Å². The Balaban J connectivity index is 2.80. The Labute approximate surface area is 124 Å². The fourth-order valence-corrected chi connectivity index (χ4v) is 3.03. The highest BCUT2D eigenvalue weighted by molar-refractivity contribution is 7.14. The van der Waals surface area contributed by atoms with E-state index in [9.17, 15) is 9.59 Å². The van der Waals surface area contributed by atoms with Gasteiger partial charge in [-0.05, 0) is 38.8 Å². The Hall–Kier alpha value is -1.36. The molecule has 1 heterocycles. The van der Waals surface area contributed by atoms with E-state index in [-0.39, 0.29) is 18.4 Å². The maximum absolute atomic E-state index is 12.4. The number of hydrogen-bond donors (Lipinski definition) is 0. The summed E-state index contributed by atoms with van der Waals surface area (Å²) < 4.78 is 4.90. The van der Waals surface area contributed by atoms with Crippen LogP contribution in [0.15, 0.2) is 6.07 Å². The van der Waals surface area contributed by atoms with Gasteiger partial charge in [0.1, 0.15) is 6.54 Å². The second-order valence-electron chi connectivity index (χ2n) is 4.57. The lowest BCUT2D eigenvalue weighted by molar-refractivity contribution is -0.143. The maximum atomic E-state index is 12.4. The zero-order valence-electron chi connectivity index (χ0n) is 12.7. The normalized spacial score (nSPS) is 10.4. The van der Waals surface area contributed by atoms with Gasteiger partial charge < -0.3 is 9.64 Å². The van der Waals surface area contributed by atoms with Crippen LogP contribution in [0.2, 0.25) is 0 Å². The molecule has 1 aromatic heterocycles. The van der Waals surface area contributed by atoms with Crippen molar-refractivity contribution in [1.82, 2.24) is 4.90 Å². The molecule has 0 atom stereocenters. The van der Waals surface area contributed by atoms with Gasteiger partial charge in [0.25, 0.3) is 5.91 Å². The van der Waals surface area contributed by atoms with Crippen LogP contribution in [0.5, 0.6) is 0 Å². The summed E-state index contributed by atoms with van der Waals surface area (Å²) in [4.78, 5) is 27.3. The van der Waals surface area contributed by atoms with Crippen LogP contribution in [0.25, 0.3) is 0 Å². The minimum absolute atomic E-state index is 0.0171. The van der Waals surface area contributed by atoms with Crippen LogP contribution in [0.1, 0.15) is 47.3 Å². The second kappa shape index (κ2) is 8.04. The molecule has 5 heteroatoms. The molecule has 0 saturated carbocycles. The van der Waals surface area contributed by atoms with Gasteiger partial charge in [-0.3, -0.25) is 9.59 Å². The number of rotatable bonds is 7. The summed E-state index contributed by atoms with van der Waals surface area (Å²) >= 11 is 1.50. The van der Waals surface area contributed by atoms with Gasteiger partial charge in [-0.15, -0.1) is 11.3 Å². The number of thiophene rings is 1. The van der Waals surface area contributed by atoms with E-state index in [2.05, 4.69) is 6.92 Å². The highest BCUT2D eigenvalue weighted by Crippen LogP contribution is 2.24. The lowest BCUT2D eigenvalue weighted by Crippen LogP contribution is -2.35. The molecule has 1 rings (SSSR count). The molecule has 4 nitrogen and oxygen atoms in total. The molecular formula is C15H23NO3S. The zero-order chi connectivity index (χ0) is 15.1. The van der Waals surface area contributed by atoms with Crippen molar-refractivity contribution in [3.63, 3.8) is 0 Å². The molecule has 0 aromatic carbocycles. The van der Waals surface area contributed by atoms with E-state index in [4.69, 9.17) is 4.74 Å². The molecule has 0 aliphatic rings. The van der Waals surface area contributed by atoms with Gasteiger partial charge in [-0.1, -0.05) is 13.3 Å². The number of hydrogen-bond acceptors (Lipinski definition) is 4. The third kappa shape index (κ3) is 4.34. The van der Waals surface area contributed by atoms with E-state index in [1.165, 1.54) is 26.7 Å². The van der Waals surface area contributed by atoms with Gasteiger partial charge in [0.2, 0.25) is 0 Å². The number of nitrogens with zero attached hydrogens (tertiary/aromatic N) is 1. The molecule has 0 aliphatic carbocycles. The summed E-state index contributed by atoms with van der Waals surface area (Å²) in [5, 5.41) is 0. The molecule has 0 aliphatic heterocycles. The highest BCUT2D eigenvalue weighted by atomic mass is 32.1. The predicted octanol–water partition coefficient (Wildman–Crippen LogP) is 3.03. The zero-order valence-corrected chi connectivity index (χ0v) is 13.5. The van der Waals surface area contributed by atoms with Crippen LogP contribution in [-0.2, 0) is 16.0 Å². The molecule has 112 valence electrons. The lowest BCUT2D eigenvalue weighted by atomic mass is 10.1. The van der Waals surface area contributed by atoms with Crippen molar-refractivity contribution in [2.24, 2.45) is 0 Å². The minimum atomic E-state index is -0.357. The molecular weight excluding hydrogens is 274 g/mol. The summed E-state index contributed by atoms with van der Waals surface area (Å²) in [7, 11) is 0. The predicted molar refractivity (Wildman–Crippen MR) is 81.3 cm³/mol. The Bertz CT molecular complexity index is 468. The molecule has 0 fully saturated rings. The number of carbonyl (C=O) groups is 2. The Morgan fingerprint density at radius 1 is 1.30 bits per heavy atom. The number of aryl methyl sites for hydroxylation is 2. The first kappa shape index (κ1) is 16.7. The number of likely N-dealkylation sites (N-methyl/N-ethyl adjacent to an activating group) is 1.